The van der Waals surface area contributed by atoms with Crippen LogP contribution in [0.25, 0.3) is 0 Å². The molecule has 1 amide bonds. The molecular formula is C17H19NO4S. The lowest BCUT2D eigenvalue weighted by atomic mass is 10.1. The van der Waals surface area contributed by atoms with Crippen LogP contribution in [0, 0.1) is 0 Å². The van der Waals surface area contributed by atoms with Crippen LogP contribution in [-0.2, 0) is 27.6 Å². The van der Waals surface area contributed by atoms with Crippen molar-refractivity contribution in [1.29, 1.82) is 0 Å². The Morgan fingerprint density at radius 2 is 1.74 bits per heavy atom. The Morgan fingerprint density at radius 3 is 2.35 bits per heavy atom. The highest BCUT2D eigenvalue weighted by atomic mass is 32.2. The summed E-state index contributed by atoms with van der Waals surface area (Å²) < 4.78 is 28.0. The number of nitrogens with one attached hydrogen (secondary N) is 1. The summed E-state index contributed by atoms with van der Waals surface area (Å²) >= 11 is 0. The molecule has 23 heavy (non-hydrogen) atoms. The molecule has 0 aliphatic heterocycles. The minimum atomic E-state index is -3.22. The molecule has 0 saturated heterocycles. The van der Waals surface area contributed by atoms with Crippen molar-refractivity contribution in [2.24, 2.45) is 0 Å². The molecule has 122 valence electrons. The highest BCUT2D eigenvalue weighted by Crippen LogP contribution is 2.16. The van der Waals surface area contributed by atoms with Gasteiger partial charge in [0.25, 0.3) is 0 Å². The van der Waals surface area contributed by atoms with Gasteiger partial charge in [-0.25, -0.2) is 8.42 Å². The summed E-state index contributed by atoms with van der Waals surface area (Å²) in [7, 11) is -1.63. The van der Waals surface area contributed by atoms with Gasteiger partial charge in [-0.1, -0.05) is 30.3 Å². The van der Waals surface area contributed by atoms with Crippen molar-refractivity contribution < 1.29 is 17.9 Å². The van der Waals surface area contributed by atoms with Crippen molar-refractivity contribution in [3.05, 3.63) is 59.7 Å². The monoisotopic (exact) mass is 333 g/mol. The highest BCUT2D eigenvalue weighted by molar-refractivity contribution is 7.90. The van der Waals surface area contributed by atoms with Crippen LogP contribution in [-0.4, -0.2) is 27.7 Å². The van der Waals surface area contributed by atoms with Crippen molar-refractivity contribution in [2.45, 2.75) is 17.9 Å². The molecule has 5 nitrogen and oxygen atoms in total. The number of hydrogen-bond acceptors (Lipinski definition) is 4. The number of ether oxygens (including phenoxy) is 1. The van der Waals surface area contributed by atoms with Gasteiger partial charge in [0.05, 0.1) is 18.4 Å². The first-order valence-corrected chi connectivity index (χ1v) is 8.97. The molecule has 0 saturated carbocycles. The zero-order chi connectivity index (χ0) is 16.9. The molecule has 1 N–H and O–H groups in total. The summed E-state index contributed by atoms with van der Waals surface area (Å²) in [6.45, 7) is 0.379. The topological polar surface area (TPSA) is 72.5 Å². The highest BCUT2D eigenvalue weighted by Gasteiger charge is 2.09. The van der Waals surface area contributed by atoms with E-state index in [-0.39, 0.29) is 17.2 Å². The Morgan fingerprint density at radius 1 is 1.09 bits per heavy atom. The second-order valence-electron chi connectivity index (χ2n) is 5.18. The predicted octanol–water partition coefficient (Wildman–Crippen LogP) is 1.96. The van der Waals surface area contributed by atoms with Crippen LogP contribution in [0.2, 0.25) is 0 Å². The Hall–Kier alpha value is -2.34. The number of hydrogen-bond donors (Lipinski definition) is 1. The van der Waals surface area contributed by atoms with Crippen molar-refractivity contribution in [3.63, 3.8) is 0 Å². The van der Waals surface area contributed by atoms with Gasteiger partial charge >= 0.3 is 0 Å². The molecule has 2 aromatic rings. The second-order valence-corrected chi connectivity index (χ2v) is 7.20. The number of amides is 1. The average molecular weight is 333 g/mol. The second kappa shape index (κ2) is 7.28. The van der Waals surface area contributed by atoms with Gasteiger partial charge in [0, 0.05) is 18.4 Å². The molecule has 0 spiro atoms. The Balaban J connectivity index is 1.95. The van der Waals surface area contributed by atoms with E-state index in [0.717, 1.165) is 23.1 Å². The number of carbonyl (C=O) groups excluding carboxylic acids is 1. The molecule has 2 rings (SSSR count). The first kappa shape index (κ1) is 17.0. The zero-order valence-electron chi connectivity index (χ0n) is 13.1. The fraction of sp³-hybridized carbons (Fsp3) is 0.235. The van der Waals surface area contributed by atoms with E-state index in [1.165, 1.54) is 12.1 Å². The molecule has 0 radical (unpaired) electrons. The van der Waals surface area contributed by atoms with Gasteiger partial charge in [-0.05, 0) is 23.8 Å². The molecule has 0 aromatic heterocycles. The first-order chi connectivity index (χ1) is 10.9. The molecule has 2 aromatic carbocycles. The zero-order valence-corrected chi connectivity index (χ0v) is 13.9. The number of benzene rings is 2. The van der Waals surface area contributed by atoms with Crippen molar-refractivity contribution in [2.75, 3.05) is 13.4 Å². The largest absolute Gasteiger partial charge is 0.496 e. The van der Waals surface area contributed by atoms with Gasteiger partial charge in [-0.3, -0.25) is 4.79 Å². The number of rotatable bonds is 6. The van der Waals surface area contributed by atoms with Crippen LogP contribution >= 0.6 is 0 Å². The maximum absolute atomic E-state index is 12.0. The molecule has 0 heterocycles. The SMILES string of the molecule is COc1ccccc1CNC(=O)Cc1ccc(S(C)(=O)=O)cc1. The third kappa shape index (κ3) is 4.82. The smallest absolute Gasteiger partial charge is 0.224 e. The molecule has 0 aliphatic rings. The van der Waals surface area contributed by atoms with Gasteiger partial charge in [0.15, 0.2) is 9.84 Å². The van der Waals surface area contributed by atoms with E-state index in [1.807, 2.05) is 24.3 Å². The van der Waals surface area contributed by atoms with Crippen LogP contribution in [0.3, 0.4) is 0 Å². The summed E-state index contributed by atoms with van der Waals surface area (Å²) in [4.78, 5) is 12.2. The molecule has 0 bridgehead atoms. The molecule has 0 atom stereocenters. The van der Waals surface area contributed by atoms with E-state index in [2.05, 4.69) is 5.32 Å². The average Bonchev–Trinajstić information content (AvgIpc) is 2.53. The third-order valence-electron chi connectivity index (χ3n) is 3.38. The fourth-order valence-corrected chi connectivity index (χ4v) is 2.78. The quantitative estimate of drug-likeness (QED) is 0.877. The van der Waals surface area contributed by atoms with E-state index in [9.17, 15) is 13.2 Å². The van der Waals surface area contributed by atoms with Gasteiger partial charge in [-0.15, -0.1) is 0 Å². The summed E-state index contributed by atoms with van der Waals surface area (Å²) in [6, 6.07) is 13.8. The molecule has 0 aliphatic carbocycles. The van der Waals surface area contributed by atoms with Crippen LogP contribution in [0.15, 0.2) is 53.4 Å². The van der Waals surface area contributed by atoms with E-state index >= 15 is 0 Å². The lowest BCUT2D eigenvalue weighted by molar-refractivity contribution is -0.120. The Bertz CT molecular complexity index is 782. The number of sulfone groups is 1. The number of carbonyl (C=O) groups is 1. The summed E-state index contributed by atoms with van der Waals surface area (Å²) in [5.74, 6) is 0.591. The van der Waals surface area contributed by atoms with Crippen LogP contribution < -0.4 is 10.1 Å². The van der Waals surface area contributed by atoms with Crippen LogP contribution in [0.5, 0.6) is 5.75 Å². The van der Waals surface area contributed by atoms with Gasteiger partial charge in [0.2, 0.25) is 5.91 Å². The van der Waals surface area contributed by atoms with Gasteiger partial charge in [0.1, 0.15) is 5.75 Å². The molecule has 0 unspecified atom stereocenters. The molecule has 6 heteroatoms. The van der Waals surface area contributed by atoms with Crippen molar-refractivity contribution >= 4 is 15.7 Å². The minimum Gasteiger partial charge on any atom is -0.496 e. The van der Waals surface area contributed by atoms with Crippen LogP contribution in [0.4, 0.5) is 0 Å². The third-order valence-corrected chi connectivity index (χ3v) is 4.51. The lowest BCUT2D eigenvalue weighted by Gasteiger charge is -2.09. The number of para-hydroxylation sites is 1. The Labute approximate surface area is 136 Å². The van der Waals surface area contributed by atoms with Crippen LogP contribution in [0.1, 0.15) is 11.1 Å². The van der Waals surface area contributed by atoms with E-state index in [4.69, 9.17) is 4.74 Å². The number of methoxy groups -OCH3 is 1. The predicted molar refractivity (Wildman–Crippen MR) is 88.1 cm³/mol. The van der Waals surface area contributed by atoms with E-state index < -0.39 is 9.84 Å². The normalized spacial score (nSPS) is 11.0. The maximum Gasteiger partial charge on any atom is 0.224 e. The minimum absolute atomic E-state index is 0.136. The molecular weight excluding hydrogens is 314 g/mol. The fourth-order valence-electron chi connectivity index (χ4n) is 2.15. The standard InChI is InChI=1S/C17H19NO4S/c1-22-16-6-4-3-5-14(16)12-18-17(19)11-13-7-9-15(10-8-13)23(2,20)21/h3-10H,11-12H2,1-2H3,(H,18,19). The summed E-state index contributed by atoms with van der Waals surface area (Å²) in [5, 5.41) is 2.83. The van der Waals surface area contributed by atoms with Gasteiger partial charge < -0.3 is 10.1 Å². The van der Waals surface area contributed by atoms with Crippen molar-refractivity contribution in [3.8, 4) is 5.75 Å². The molecule has 0 fully saturated rings. The van der Waals surface area contributed by atoms with Crippen molar-refractivity contribution in [1.82, 2.24) is 5.32 Å². The summed E-state index contributed by atoms with van der Waals surface area (Å²) in [6.07, 6.45) is 1.35. The maximum atomic E-state index is 12.0. The lowest BCUT2D eigenvalue weighted by Crippen LogP contribution is -2.24. The first-order valence-electron chi connectivity index (χ1n) is 7.08. The van der Waals surface area contributed by atoms with E-state index in [0.29, 0.717) is 6.54 Å². The van der Waals surface area contributed by atoms with Gasteiger partial charge in [-0.2, -0.15) is 0 Å². The van der Waals surface area contributed by atoms with E-state index in [1.54, 1.807) is 19.2 Å². The Kier molecular flexibility index (Phi) is 5.39. The summed E-state index contributed by atoms with van der Waals surface area (Å²) in [5.41, 5.74) is 1.66.